The van der Waals surface area contributed by atoms with E-state index >= 15 is 0 Å². The van der Waals surface area contributed by atoms with Crippen LogP contribution in [0.3, 0.4) is 0 Å². The molecule has 1 heterocycles. The Hall–Kier alpha value is -2.86. The first-order valence-electron chi connectivity index (χ1n) is 7.60. The molecule has 0 radical (unpaired) electrons. The molecular weight excluding hydrogens is 339 g/mol. The smallest absolute Gasteiger partial charge is 0.267 e. The van der Waals surface area contributed by atoms with Crippen LogP contribution in [0.5, 0.6) is 0 Å². The number of ketones is 1. The predicted molar refractivity (Wildman–Crippen MR) is 96.6 cm³/mol. The second kappa shape index (κ2) is 6.94. The molecule has 0 aliphatic rings. The highest BCUT2D eigenvalue weighted by Crippen LogP contribution is 2.28. The highest BCUT2D eigenvalue weighted by Gasteiger charge is 2.16. The first-order valence-corrected chi connectivity index (χ1v) is 8.41. The summed E-state index contributed by atoms with van der Waals surface area (Å²) in [5.41, 5.74) is 2.57. The molecule has 0 fully saturated rings. The van der Waals surface area contributed by atoms with Crippen LogP contribution < -0.4 is 5.32 Å². The molecule has 0 spiro atoms. The van der Waals surface area contributed by atoms with Gasteiger partial charge in [0, 0.05) is 16.8 Å². The van der Waals surface area contributed by atoms with Gasteiger partial charge in [0.05, 0.1) is 5.69 Å². The van der Waals surface area contributed by atoms with Crippen LogP contribution in [0.1, 0.15) is 32.6 Å². The Kier molecular flexibility index (Phi) is 4.72. The van der Waals surface area contributed by atoms with Gasteiger partial charge in [-0.3, -0.25) is 9.59 Å². The second-order valence-corrected chi connectivity index (χ2v) is 6.53. The van der Waals surface area contributed by atoms with Gasteiger partial charge in [-0.05, 0) is 62.4 Å². The minimum Gasteiger partial charge on any atom is -0.321 e. The number of amides is 1. The summed E-state index contributed by atoms with van der Waals surface area (Å²) in [6, 6.07) is 12.7. The van der Waals surface area contributed by atoms with Crippen LogP contribution in [-0.4, -0.2) is 16.7 Å². The highest BCUT2D eigenvalue weighted by molar-refractivity contribution is 7.17. The monoisotopic (exact) mass is 354 g/mol. The number of rotatable bonds is 4. The molecule has 0 unspecified atom stereocenters. The van der Waals surface area contributed by atoms with E-state index in [4.69, 9.17) is 0 Å². The molecule has 25 heavy (non-hydrogen) atoms. The fraction of sp³-hybridized carbons (Fsp3) is 0.105. The van der Waals surface area contributed by atoms with Crippen molar-refractivity contribution in [3.8, 4) is 10.6 Å². The van der Waals surface area contributed by atoms with E-state index in [-0.39, 0.29) is 17.5 Å². The molecule has 1 N–H and O–H groups in total. The summed E-state index contributed by atoms with van der Waals surface area (Å²) in [4.78, 5) is 28.7. The topological polar surface area (TPSA) is 59.1 Å². The third-order valence-electron chi connectivity index (χ3n) is 3.64. The molecule has 0 aliphatic carbocycles. The number of aryl methyl sites for hydroxylation is 1. The molecule has 126 valence electrons. The van der Waals surface area contributed by atoms with Crippen molar-refractivity contribution in [1.82, 2.24) is 4.98 Å². The van der Waals surface area contributed by atoms with E-state index in [0.29, 0.717) is 26.8 Å². The van der Waals surface area contributed by atoms with E-state index in [2.05, 4.69) is 10.3 Å². The van der Waals surface area contributed by atoms with Crippen LogP contribution in [0.25, 0.3) is 10.6 Å². The number of benzene rings is 2. The zero-order valence-corrected chi connectivity index (χ0v) is 14.5. The summed E-state index contributed by atoms with van der Waals surface area (Å²) < 4.78 is 13.0. The molecule has 3 aromatic rings. The number of Topliss-reactive ketones (excluding diaryl/α,β-unsaturated/α-hetero) is 1. The standard InChI is InChI=1S/C19H15FN2O2S/c1-11-17(25-19(21-11)14-3-7-15(20)8-4-14)18(24)22-16-9-5-13(6-10-16)12(2)23/h3-10H,1-2H3,(H,22,24). The SMILES string of the molecule is CC(=O)c1ccc(NC(=O)c2sc(-c3ccc(F)cc3)nc2C)cc1. The van der Waals surface area contributed by atoms with Crippen LogP contribution in [-0.2, 0) is 0 Å². The van der Waals surface area contributed by atoms with Gasteiger partial charge in [-0.1, -0.05) is 0 Å². The lowest BCUT2D eigenvalue weighted by Gasteiger charge is -2.04. The maximum absolute atomic E-state index is 13.0. The zero-order valence-electron chi connectivity index (χ0n) is 13.7. The third-order valence-corrected chi connectivity index (χ3v) is 4.85. The molecule has 1 aromatic heterocycles. The Morgan fingerprint density at radius 3 is 2.28 bits per heavy atom. The lowest BCUT2D eigenvalue weighted by atomic mass is 10.1. The van der Waals surface area contributed by atoms with Gasteiger partial charge in [-0.2, -0.15) is 0 Å². The van der Waals surface area contributed by atoms with Gasteiger partial charge >= 0.3 is 0 Å². The van der Waals surface area contributed by atoms with Crippen LogP contribution in [0.4, 0.5) is 10.1 Å². The summed E-state index contributed by atoms with van der Waals surface area (Å²) in [6.07, 6.45) is 0. The molecule has 4 nitrogen and oxygen atoms in total. The minimum atomic E-state index is -0.316. The van der Waals surface area contributed by atoms with Crippen LogP contribution in [0.2, 0.25) is 0 Å². The van der Waals surface area contributed by atoms with Crippen LogP contribution in [0.15, 0.2) is 48.5 Å². The number of hydrogen-bond donors (Lipinski definition) is 1. The molecule has 1 amide bonds. The van der Waals surface area contributed by atoms with E-state index in [1.165, 1.54) is 30.4 Å². The molecule has 2 aromatic carbocycles. The van der Waals surface area contributed by atoms with E-state index in [9.17, 15) is 14.0 Å². The minimum absolute atomic E-state index is 0.0277. The number of carbonyl (C=O) groups excluding carboxylic acids is 2. The first kappa shape index (κ1) is 17.0. The van der Waals surface area contributed by atoms with Gasteiger partial charge in [-0.15, -0.1) is 11.3 Å². The highest BCUT2D eigenvalue weighted by atomic mass is 32.1. The predicted octanol–water partition coefficient (Wildman–Crippen LogP) is 4.71. The van der Waals surface area contributed by atoms with Crippen molar-refractivity contribution in [1.29, 1.82) is 0 Å². The third kappa shape index (κ3) is 3.80. The molecule has 3 rings (SSSR count). The normalized spacial score (nSPS) is 10.5. The molecule has 0 saturated heterocycles. The summed E-state index contributed by atoms with van der Waals surface area (Å²) in [5, 5.41) is 3.46. The van der Waals surface area contributed by atoms with Gasteiger partial charge in [0.25, 0.3) is 5.91 Å². The maximum atomic E-state index is 13.0. The molecule has 0 bridgehead atoms. The molecule has 0 saturated carbocycles. The van der Waals surface area contributed by atoms with E-state index in [0.717, 1.165) is 5.56 Å². The largest absolute Gasteiger partial charge is 0.321 e. The zero-order chi connectivity index (χ0) is 18.0. The summed E-state index contributed by atoms with van der Waals surface area (Å²) in [6.45, 7) is 3.25. The van der Waals surface area contributed by atoms with Crippen molar-refractivity contribution < 1.29 is 14.0 Å². The van der Waals surface area contributed by atoms with Crippen molar-refractivity contribution in [3.63, 3.8) is 0 Å². The summed E-state index contributed by atoms with van der Waals surface area (Å²) >= 11 is 1.25. The van der Waals surface area contributed by atoms with Gasteiger partial charge in [0.1, 0.15) is 15.7 Å². The number of anilines is 1. The lowest BCUT2D eigenvalue weighted by Crippen LogP contribution is -2.11. The molecule has 0 atom stereocenters. The van der Waals surface area contributed by atoms with Crippen molar-refractivity contribution in [2.45, 2.75) is 13.8 Å². The average molecular weight is 354 g/mol. The Balaban J connectivity index is 1.80. The molecular formula is C19H15FN2O2S. The summed E-state index contributed by atoms with van der Waals surface area (Å²) in [5.74, 6) is -0.608. The maximum Gasteiger partial charge on any atom is 0.267 e. The van der Waals surface area contributed by atoms with Crippen molar-refractivity contribution >= 4 is 28.7 Å². The van der Waals surface area contributed by atoms with Crippen molar-refractivity contribution in [2.75, 3.05) is 5.32 Å². The van der Waals surface area contributed by atoms with Crippen LogP contribution >= 0.6 is 11.3 Å². The lowest BCUT2D eigenvalue weighted by molar-refractivity contribution is 0.101. The molecule has 6 heteroatoms. The number of nitrogens with one attached hydrogen (secondary N) is 1. The number of aromatic nitrogens is 1. The van der Waals surface area contributed by atoms with E-state index < -0.39 is 0 Å². The Labute approximate surface area is 148 Å². The van der Waals surface area contributed by atoms with E-state index in [1.807, 2.05) is 0 Å². The van der Waals surface area contributed by atoms with Gasteiger partial charge in [0.2, 0.25) is 0 Å². The fourth-order valence-corrected chi connectivity index (χ4v) is 3.27. The number of thiazole rings is 1. The summed E-state index contributed by atoms with van der Waals surface area (Å²) in [7, 11) is 0. The number of halogens is 1. The number of nitrogens with zero attached hydrogens (tertiary/aromatic N) is 1. The van der Waals surface area contributed by atoms with E-state index in [1.54, 1.807) is 43.3 Å². The Bertz CT molecular complexity index is 931. The quantitative estimate of drug-likeness (QED) is 0.690. The van der Waals surface area contributed by atoms with Gasteiger partial charge < -0.3 is 5.32 Å². The number of carbonyl (C=O) groups is 2. The first-order chi connectivity index (χ1) is 11.9. The Morgan fingerprint density at radius 2 is 1.68 bits per heavy atom. The Morgan fingerprint density at radius 1 is 1.04 bits per heavy atom. The number of hydrogen-bond acceptors (Lipinski definition) is 4. The van der Waals surface area contributed by atoms with Gasteiger partial charge in [0.15, 0.2) is 5.78 Å². The second-order valence-electron chi connectivity index (χ2n) is 5.53. The van der Waals surface area contributed by atoms with Crippen LogP contribution in [0, 0.1) is 12.7 Å². The molecule has 0 aliphatic heterocycles. The van der Waals surface area contributed by atoms with Gasteiger partial charge in [-0.25, -0.2) is 9.37 Å². The fourth-order valence-electron chi connectivity index (χ4n) is 2.30. The average Bonchev–Trinajstić information content (AvgIpc) is 2.98. The van der Waals surface area contributed by atoms with Crippen molar-refractivity contribution in [2.24, 2.45) is 0 Å². The van der Waals surface area contributed by atoms with Crippen molar-refractivity contribution in [3.05, 3.63) is 70.5 Å².